The fourth-order valence-electron chi connectivity index (χ4n) is 3.70. The number of piperidine rings is 1. The third-order valence-corrected chi connectivity index (χ3v) is 5.22. The van der Waals surface area contributed by atoms with Crippen LogP contribution in [0.4, 0.5) is 10.1 Å². The van der Waals surface area contributed by atoms with Crippen LogP contribution in [0, 0.1) is 12.7 Å². The van der Waals surface area contributed by atoms with E-state index >= 15 is 0 Å². The topological polar surface area (TPSA) is 48.9 Å². The van der Waals surface area contributed by atoms with E-state index in [0.717, 1.165) is 70.1 Å². The molecule has 5 nitrogen and oxygen atoms in total. The van der Waals surface area contributed by atoms with Crippen molar-refractivity contribution in [2.75, 3.05) is 44.8 Å². The molecule has 2 aliphatic rings. The zero-order chi connectivity index (χ0) is 19.1. The molecular weight excluding hydrogens is 470 g/mol. The van der Waals surface area contributed by atoms with E-state index in [1.54, 1.807) is 13.1 Å². The summed E-state index contributed by atoms with van der Waals surface area (Å²) in [6.07, 6.45) is 6.31. The maximum absolute atomic E-state index is 14.2. The molecule has 2 N–H and O–H groups in total. The van der Waals surface area contributed by atoms with Crippen molar-refractivity contribution in [2.24, 2.45) is 4.99 Å². The summed E-state index contributed by atoms with van der Waals surface area (Å²) in [5.74, 6) is 0.674. The van der Waals surface area contributed by atoms with E-state index in [4.69, 9.17) is 4.74 Å². The summed E-state index contributed by atoms with van der Waals surface area (Å²) in [7, 11) is 1.80. The fourth-order valence-corrected chi connectivity index (χ4v) is 3.70. The highest BCUT2D eigenvalue weighted by Crippen LogP contribution is 2.24. The van der Waals surface area contributed by atoms with Gasteiger partial charge in [0.25, 0.3) is 0 Å². The molecule has 2 aliphatic heterocycles. The second-order valence-electron chi connectivity index (χ2n) is 7.32. The molecule has 1 atom stereocenters. The molecule has 0 bridgehead atoms. The van der Waals surface area contributed by atoms with Crippen molar-refractivity contribution in [2.45, 2.75) is 38.6 Å². The van der Waals surface area contributed by atoms with Crippen LogP contribution in [-0.4, -0.2) is 51.9 Å². The Morgan fingerprint density at radius 3 is 3.00 bits per heavy atom. The van der Waals surface area contributed by atoms with E-state index in [9.17, 15) is 4.39 Å². The second-order valence-corrected chi connectivity index (χ2v) is 7.32. The van der Waals surface area contributed by atoms with E-state index in [0.29, 0.717) is 5.69 Å². The number of guanidine groups is 1. The van der Waals surface area contributed by atoms with Gasteiger partial charge in [-0.15, -0.1) is 24.0 Å². The van der Waals surface area contributed by atoms with Crippen molar-refractivity contribution >= 4 is 35.6 Å². The molecule has 0 spiro atoms. The number of hydrogen-bond acceptors (Lipinski definition) is 3. The number of ether oxygens (including phenoxy) is 1. The minimum atomic E-state index is -0.145. The van der Waals surface area contributed by atoms with Gasteiger partial charge in [-0.2, -0.15) is 0 Å². The monoisotopic (exact) mass is 502 g/mol. The molecule has 0 aromatic heterocycles. The second kappa shape index (κ2) is 11.6. The summed E-state index contributed by atoms with van der Waals surface area (Å²) in [5, 5.41) is 6.91. The van der Waals surface area contributed by atoms with E-state index in [1.807, 2.05) is 19.1 Å². The normalized spacial score (nSPS) is 20.2. The number of nitrogens with zero attached hydrogens (tertiary/aromatic N) is 2. The van der Waals surface area contributed by atoms with Crippen LogP contribution in [0.3, 0.4) is 0 Å². The van der Waals surface area contributed by atoms with E-state index in [1.165, 1.54) is 5.57 Å². The molecule has 1 saturated heterocycles. The summed E-state index contributed by atoms with van der Waals surface area (Å²) < 4.78 is 19.6. The van der Waals surface area contributed by atoms with Crippen LogP contribution in [0.5, 0.6) is 0 Å². The Kier molecular flexibility index (Phi) is 9.50. The highest BCUT2D eigenvalue weighted by molar-refractivity contribution is 14.0. The van der Waals surface area contributed by atoms with Crippen molar-refractivity contribution in [1.29, 1.82) is 0 Å². The molecular formula is C21H32FIN4O. The van der Waals surface area contributed by atoms with Gasteiger partial charge in [0.05, 0.1) is 18.9 Å². The van der Waals surface area contributed by atoms with Crippen LogP contribution in [-0.2, 0) is 4.74 Å². The van der Waals surface area contributed by atoms with E-state index < -0.39 is 0 Å². The zero-order valence-electron chi connectivity index (χ0n) is 16.8. The lowest BCUT2D eigenvalue weighted by Gasteiger charge is -2.35. The van der Waals surface area contributed by atoms with Gasteiger partial charge in [0.1, 0.15) is 5.82 Å². The highest BCUT2D eigenvalue weighted by Gasteiger charge is 2.23. The zero-order valence-corrected chi connectivity index (χ0v) is 19.2. The number of benzene rings is 1. The first kappa shape index (κ1) is 22.9. The molecule has 0 aliphatic carbocycles. The standard InChI is InChI=1S/C21H31FN4O.HI/c1-16-5-6-19(22)20(14-16)26-11-3-4-18(15-26)25-21(23-2)24-10-7-17-8-12-27-13-9-17;/h5-6,8,14,18H,3-4,7,9-13,15H2,1-2H3,(H2,23,24,25);1H. The van der Waals surface area contributed by atoms with Crippen molar-refractivity contribution in [3.8, 4) is 0 Å². The van der Waals surface area contributed by atoms with Crippen molar-refractivity contribution < 1.29 is 9.13 Å². The third-order valence-electron chi connectivity index (χ3n) is 5.22. The average molecular weight is 502 g/mol. The summed E-state index contributed by atoms with van der Waals surface area (Å²) in [6.45, 7) is 6.09. The van der Waals surface area contributed by atoms with Crippen LogP contribution >= 0.6 is 24.0 Å². The summed E-state index contributed by atoms with van der Waals surface area (Å²) in [5.41, 5.74) is 3.24. The Labute approximate surface area is 184 Å². The number of rotatable bonds is 5. The number of aliphatic imine (C=N–C) groups is 1. The first-order valence-electron chi connectivity index (χ1n) is 9.89. The minimum Gasteiger partial charge on any atom is -0.377 e. The highest BCUT2D eigenvalue weighted by atomic mass is 127. The Hall–Kier alpha value is -1.35. The van der Waals surface area contributed by atoms with Gasteiger partial charge in [0.2, 0.25) is 0 Å². The molecule has 2 heterocycles. The quantitative estimate of drug-likeness (QED) is 0.280. The predicted octanol–water partition coefficient (Wildman–Crippen LogP) is 3.62. The van der Waals surface area contributed by atoms with Gasteiger partial charge in [-0.3, -0.25) is 4.99 Å². The molecule has 156 valence electrons. The smallest absolute Gasteiger partial charge is 0.191 e. The average Bonchev–Trinajstić information content (AvgIpc) is 2.70. The van der Waals surface area contributed by atoms with Gasteiger partial charge in [-0.05, 0) is 50.3 Å². The number of hydrogen-bond donors (Lipinski definition) is 2. The van der Waals surface area contributed by atoms with Gasteiger partial charge in [-0.1, -0.05) is 17.7 Å². The number of anilines is 1. The van der Waals surface area contributed by atoms with Crippen LogP contribution in [0.1, 0.15) is 31.2 Å². The molecule has 1 aromatic carbocycles. The van der Waals surface area contributed by atoms with Crippen molar-refractivity contribution in [1.82, 2.24) is 10.6 Å². The minimum absolute atomic E-state index is 0. The number of halogens is 2. The number of nitrogens with one attached hydrogen (secondary N) is 2. The summed E-state index contributed by atoms with van der Waals surface area (Å²) in [6, 6.07) is 5.57. The number of aryl methyl sites for hydroxylation is 1. The van der Waals surface area contributed by atoms with Crippen molar-refractivity contribution in [3.05, 3.63) is 41.2 Å². The Morgan fingerprint density at radius 1 is 1.39 bits per heavy atom. The third kappa shape index (κ3) is 6.62. The molecule has 7 heteroatoms. The maximum Gasteiger partial charge on any atom is 0.191 e. The molecule has 1 unspecified atom stereocenters. The Morgan fingerprint density at radius 2 is 2.25 bits per heavy atom. The molecule has 1 aromatic rings. The summed E-state index contributed by atoms with van der Waals surface area (Å²) >= 11 is 0. The first-order chi connectivity index (χ1) is 13.2. The lowest BCUT2D eigenvalue weighted by molar-refractivity contribution is 0.153. The first-order valence-corrected chi connectivity index (χ1v) is 9.89. The molecule has 0 radical (unpaired) electrons. The van der Waals surface area contributed by atoms with E-state index in [-0.39, 0.29) is 35.8 Å². The largest absolute Gasteiger partial charge is 0.377 e. The van der Waals surface area contributed by atoms with Gasteiger partial charge >= 0.3 is 0 Å². The lowest BCUT2D eigenvalue weighted by Crippen LogP contribution is -2.51. The van der Waals surface area contributed by atoms with Gasteiger partial charge in [0.15, 0.2) is 5.96 Å². The Balaban J connectivity index is 0.00000280. The maximum atomic E-state index is 14.2. The van der Waals surface area contributed by atoms with Crippen LogP contribution < -0.4 is 15.5 Å². The molecule has 0 saturated carbocycles. The summed E-state index contributed by atoms with van der Waals surface area (Å²) in [4.78, 5) is 6.49. The Bertz CT molecular complexity index is 695. The molecule has 1 fully saturated rings. The van der Waals surface area contributed by atoms with Crippen LogP contribution in [0.2, 0.25) is 0 Å². The lowest BCUT2D eigenvalue weighted by atomic mass is 10.0. The van der Waals surface area contributed by atoms with E-state index in [2.05, 4.69) is 26.6 Å². The molecule has 28 heavy (non-hydrogen) atoms. The van der Waals surface area contributed by atoms with Crippen LogP contribution in [0.15, 0.2) is 34.8 Å². The SMILES string of the molecule is CN=C(NCCC1=CCOCC1)NC1CCCN(c2cc(C)ccc2F)C1.I. The predicted molar refractivity (Wildman–Crippen MR) is 124 cm³/mol. The van der Waals surface area contributed by atoms with Gasteiger partial charge < -0.3 is 20.3 Å². The van der Waals surface area contributed by atoms with Gasteiger partial charge in [-0.25, -0.2) is 4.39 Å². The molecule has 3 rings (SSSR count). The van der Waals surface area contributed by atoms with Gasteiger partial charge in [0, 0.05) is 32.7 Å². The molecule has 0 amide bonds. The fraction of sp³-hybridized carbons (Fsp3) is 0.571. The van der Waals surface area contributed by atoms with Crippen LogP contribution in [0.25, 0.3) is 0 Å². The van der Waals surface area contributed by atoms with Crippen molar-refractivity contribution in [3.63, 3.8) is 0 Å².